The number of aliphatic hydroxyl groups is 1. The first kappa shape index (κ1) is 14.2. The van der Waals surface area contributed by atoms with Gasteiger partial charge in [-0.1, -0.05) is 30.3 Å². The molecule has 1 rings (SSSR count). The number of carbonyl (C=O) groups excluding carboxylic acids is 1. The zero-order valence-electron chi connectivity index (χ0n) is 10.3. The van der Waals surface area contributed by atoms with Crippen LogP contribution in [0.4, 0.5) is 0 Å². The topological polar surface area (TPSA) is 86.6 Å². The van der Waals surface area contributed by atoms with E-state index in [9.17, 15) is 14.7 Å². The Labute approximate surface area is 105 Å². The molecule has 3 N–H and O–H groups in total. The molecule has 5 nitrogen and oxygen atoms in total. The molecule has 1 amide bonds. The molecule has 0 aliphatic carbocycles. The van der Waals surface area contributed by atoms with Gasteiger partial charge in [0.1, 0.15) is 0 Å². The largest absolute Gasteiger partial charge is 0.480 e. The van der Waals surface area contributed by atoms with E-state index in [2.05, 4.69) is 5.32 Å². The van der Waals surface area contributed by atoms with Crippen LogP contribution in [0.5, 0.6) is 0 Å². The predicted molar refractivity (Wildman–Crippen MR) is 66.1 cm³/mol. The maximum absolute atomic E-state index is 11.9. The van der Waals surface area contributed by atoms with Crippen molar-refractivity contribution in [3.05, 3.63) is 35.9 Å². The number of aliphatic hydroxyl groups excluding tert-OH is 1. The van der Waals surface area contributed by atoms with Crippen LogP contribution in [0.3, 0.4) is 0 Å². The standard InChI is InChI=1S/C13H17NO4/c1-8(10-6-4-3-5-7-10)12(16)14-11(9(2)15)13(17)18/h3-9,11,15H,1-2H3,(H,14,16)(H,17,18)/t8-,9-,11+/m1/s1. The van der Waals surface area contributed by atoms with Gasteiger partial charge in [0, 0.05) is 0 Å². The molecule has 3 atom stereocenters. The molecule has 18 heavy (non-hydrogen) atoms. The molecule has 1 aromatic rings. The van der Waals surface area contributed by atoms with E-state index < -0.39 is 29.9 Å². The van der Waals surface area contributed by atoms with E-state index in [0.29, 0.717) is 0 Å². The summed E-state index contributed by atoms with van der Waals surface area (Å²) in [7, 11) is 0. The Morgan fingerprint density at radius 2 is 1.72 bits per heavy atom. The van der Waals surface area contributed by atoms with Gasteiger partial charge in [-0.3, -0.25) is 4.79 Å². The van der Waals surface area contributed by atoms with Gasteiger partial charge in [-0.2, -0.15) is 0 Å². The van der Waals surface area contributed by atoms with Crippen molar-refractivity contribution in [2.75, 3.05) is 0 Å². The molecular weight excluding hydrogens is 234 g/mol. The highest BCUT2D eigenvalue weighted by atomic mass is 16.4. The van der Waals surface area contributed by atoms with E-state index in [4.69, 9.17) is 5.11 Å². The van der Waals surface area contributed by atoms with Crippen molar-refractivity contribution >= 4 is 11.9 Å². The zero-order chi connectivity index (χ0) is 13.7. The molecule has 0 aliphatic rings. The summed E-state index contributed by atoms with van der Waals surface area (Å²) in [6, 6.07) is 7.75. The fraction of sp³-hybridized carbons (Fsp3) is 0.385. The zero-order valence-corrected chi connectivity index (χ0v) is 10.3. The van der Waals surface area contributed by atoms with Gasteiger partial charge in [-0.25, -0.2) is 4.79 Å². The number of benzene rings is 1. The van der Waals surface area contributed by atoms with Crippen molar-refractivity contribution in [3.63, 3.8) is 0 Å². The van der Waals surface area contributed by atoms with Crippen LogP contribution in [0.15, 0.2) is 30.3 Å². The van der Waals surface area contributed by atoms with Crippen LogP contribution in [0.2, 0.25) is 0 Å². The summed E-state index contributed by atoms with van der Waals surface area (Å²) in [6.07, 6.45) is -1.14. The minimum Gasteiger partial charge on any atom is -0.480 e. The fourth-order valence-corrected chi connectivity index (χ4v) is 1.56. The van der Waals surface area contributed by atoms with Crippen LogP contribution in [0, 0.1) is 0 Å². The summed E-state index contributed by atoms with van der Waals surface area (Å²) in [4.78, 5) is 22.7. The molecule has 0 fully saturated rings. The highest BCUT2D eigenvalue weighted by Gasteiger charge is 2.27. The normalized spacial score (nSPS) is 15.5. The number of carboxylic acids is 1. The SMILES string of the molecule is C[C@@H](C(=O)N[C@H](C(=O)O)[C@@H](C)O)c1ccccc1. The third kappa shape index (κ3) is 3.56. The van der Waals surface area contributed by atoms with E-state index in [-0.39, 0.29) is 0 Å². The van der Waals surface area contributed by atoms with Gasteiger partial charge in [0.15, 0.2) is 6.04 Å². The number of hydrogen-bond acceptors (Lipinski definition) is 3. The Hall–Kier alpha value is -1.88. The molecule has 0 heterocycles. The summed E-state index contributed by atoms with van der Waals surface area (Å²) in [6.45, 7) is 3.01. The minimum absolute atomic E-state index is 0.422. The number of amides is 1. The average molecular weight is 251 g/mol. The van der Waals surface area contributed by atoms with Crippen molar-refractivity contribution in [2.24, 2.45) is 0 Å². The Morgan fingerprint density at radius 3 is 2.17 bits per heavy atom. The van der Waals surface area contributed by atoms with Crippen LogP contribution >= 0.6 is 0 Å². The Bertz CT molecular complexity index is 416. The summed E-state index contributed by atoms with van der Waals surface area (Å²) in [5.74, 6) is -2.14. The Morgan fingerprint density at radius 1 is 1.17 bits per heavy atom. The molecule has 0 saturated carbocycles. The van der Waals surface area contributed by atoms with Crippen LogP contribution in [-0.4, -0.2) is 34.2 Å². The van der Waals surface area contributed by atoms with E-state index in [1.54, 1.807) is 19.1 Å². The summed E-state index contributed by atoms with van der Waals surface area (Å²) >= 11 is 0. The van der Waals surface area contributed by atoms with Gasteiger partial charge in [-0.15, -0.1) is 0 Å². The monoisotopic (exact) mass is 251 g/mol. The number of carboxylic acid groups (broad SMARTS) is 1. The molecule has 0 aliphatic heterocycles. The second kappa shape index (κ2) is 6.16. The van der Waals surface area contributed by atoms with Gasteiger partial charge in [0.05, 0.1) is 12.0 Å². The lowest BCUT2D eigenvalue weighted by Crippen LogP contribution is -2.48. The van der Waals surface area contributed by atoms with Crippen molar-refractivity contribution < 1.29 is 19.8 Å². The smallest absolute Gasteiger partial charge is 0.328 e. The van der Waals surface area contributed by atoms with E-state index >= 15 is 0 Å². The maximum atomic E-state index is 11.9. The molecule has 0 bridgehead atoms. The lowest BCUT2D eigenvalue weighted by atomic mass is 10.00. The fourth-order valence-electron chi connectivity index (χ4n) is 1.56. The number of hydrogen-bond donors (Lipinski definition) is 3. The summed E-state index contributed by atoms with van der Waals surface area (Å²) < 4.78 is 0. The number of nitrogens with one attached hydrogen (secondary N) is 1. The molecule has 5 heteroatoms. The van der Waals surface area contributed by atoms with Crippen LogP contribution < -0.4 is 5.32 Å². The van der Waals surface area contributed by atoms with Gasteiger partial charge < -0.3 is 15.5 Å². The highest BCUT2D eigenvalue weighted by molar-refractivity contribution is 5.88. The van der Waals surface area contributed by atoms with E-state index in [1.807, 2.05) is 18.2 Å². The third-order valence-electron chi connectivity index (χ3n) is 2.74. The second-order valence-electron chi connectivity index (χ2n) is 4.20. The van der Waals surface area contributed by atoms with Crippen molar-refractivity contribution in [2.45, 2.75) is 31.9 Å². The Balaban J connectivity index is 2.73. The van der Waals surface area contributed by atoms with Crippen LogP contribution in [0.1, 0.15) is 25.3 Å². The summed E-state index contributed by atoms with van der Waals surface area (Å²) in [5, 5.41) is 20.5. The van der Waals surface area contributed by atoms with Crippen LogP contribution in [0.25, 0.3) is 0 Å². The lowest BCUT2D eigenvalue weighted by Gasteiger charge is -2.20. The minimum atomic E-state index is -1.29. The molecule has 0 spiro atoms. The predicted octanol–water partition coefficient (Wildman–Crippen LogP) is 0.740. The first-order valence-corrected chi connectivity index (χ1v) is 5.69. The first-order chi connectivity index (χ1) is 8.43. The average Bonchev–Trinajstić information content (AvgIpc) is 2.35. The molecule has 0 aromatic heterocycles. The van der Waals surface area contributed by atoms with Crippen molar-refractivity contribution in [3.8, 4) is 0 Å². The maximum Gasteiger partial charge on any atom is 0.328 e. The number of rotatable bonds is 5. The molecule has 0 saturated heterocycles. The van der Waals surface area contributed by atoms with E-state index in [1.165, 1.54) is 6.92 Å². The molecule has 1 aromatic carbocycles. The van der Waals surface area contributed by atoms with Crippen LogP contribution in [-0.2, 0) is 9.59 Å². The van der Waals surface area contributed by atoms with Gasteiger partial charge in [-0.05, 0) is 19.4 Å². The highest BCUT2D eigenvalue weighted by Crippen LogP contribution is 2.14. The van der Waals surface area contributed by atoms with Crippen molar-refractivity contribution in [1.82, 2.24) is 5.32 Å². The van der Waals surface area contributed by atoms with E-state index in [0.717, 1.165) is 5.56 Å². The quantitative estimate of drug-likeness (QED) is 0.720. The van der Waals surface area contributed by atoms with Gasteiger partial charge in [0.2, 0.25) is 5.91 Å². The first-order valence-electron chi connectivity index (χ1n) is 5.69. The number of carbonyl (C=O) groups is 2. The lowest BCUT2D eigenvalue weighted by molar-refractivity contribution is -0.144. The molecule has 98 valence electrons. The number of aliphatic carboxylic acids is 1. The molecular formula is C13H17NO4. The summed E-state index contributed by atoms with van der Waals surface area (Å²) in [5.41, 5.74) is 0.796. The molecule has 0 unspecified atom stereocenters. The second-order valence-corrected chi connectivity index (χ2v) is 4.20. The van der Waals surface area contributed by atoms with Gasteiger partial charge >= 0.3 is 5.97 Å². The third-order valence-corrected chi connectivity index (χ3v) is 2.74. The molecule has 0 radical (unpaired) electrons. The van der Waals surface area contributed by atoms with Gasteiger partial charge in [0.25, 0.3) is 0 Å². The van der Waals surface area contributed by atoms with Crippen molar-refractivity contribution in [1.29, 1.82) is 0 Å². The Kier molecular flexibility index (Phi) is 4.85.